The predicted octanol–water partition coefficient (Wildman–Crippen LogP) is 1.14. The fraction of sp³-hybridized carbons (Fsp3) is 0.857. The highest BCUT2D eigenvalue weighted by molar-refractivity contribution is 5.87. The molecule has 2 amide bonds. The molecule has 1 heterocycles. The maximum Gasteiger partial charge on any atom is 0.243 e. The number of imide groups is 1. The summed E-state index contributed by atoms with van der Waals surface area (Å²) in [6.45, 7) is 7.29. The summed E-state index contributed by atoms with van der Waals surface area (Å²) in [5.74, 6) is -0.197. The summed E-state index contributed by atoms with van der Waals surface area (Å²) in [4.78, 5) is 22.6. The third-order valence-electron chi connectivity index (χ3n) is 3.19. The smallest absolute Gasteiger partial charge is 0.243 e. The lowest BCUT2D eigenvalue weighted by Crippen LogP contribution is -2.40. The molecule has 1 saturated heterocycles. The largest absolute Gasteiger partial charge is 0.314 e. The van der Waals surface area contributed by atoms with Gasteiger partial charge in [0.15, 0.2) is 0 Å². The van der Waals surface area contributed by atoms with Crippen LogP contribution in [0.2, 0.25) is 0 Å². The third kappa shape index (κ3) is 7.95. The average molecular weight is 271 g/mol. The van der Waals surface area contributed by atoms with E-state index in [1.165, 1.54) is 32.2 Å². The van der Waals surface area contributed by atoms with E-state index in [2.05, 4.69) is 17.6 Å². The second-order valence-electron chi connectivity index (χ2n) is 5.09. The maximum absolute atomic E-state index is 11.0. The van der Waals surface area contributed by atoms with Crippen LogP contribution in [0, 0.1) is 0 Å². The number of rotatable bonds is 5. The standard InChI is InChI=1S/C7H14N2O2.C7H15N/c1-6(2)9(5-10)7(11)4-8-3;1-2-7-5-3-4-6-8-7/h5-6,8H,4H2,1-3H3;7-8H,2-6H2,1H3. The average Bonchev–Trinajstić information content (AvgIpc) is 2.41. The first-order valence-electron chi connectivity index (χ1n) is 7.21. The maximum atomic E-state index is 11.0. The summed E-state index contributed by atoms with van der Waals surface area (Å²) in [7, 11) is 1.67. The van der Waals surface area contributed by atoms with Crippen molar-refractivity contribution in [1.29, 1.82) is 0 Å². The molecule has 0 aliphatic carbocycles. The van der Waals surface area contributed by atoms with Crippen molar-refractivity contribution in [2.75, 3.05) is 20.1 Å². The Labute approximate surface area is 117 Å². The van der Waals surface area contributed by atoms with Crippen LogP contribution in [0.3, 0.4) is 0 Å². The number of nitrogens with zero attached hydrogens (tertiary/aromatic N) is 1. The summed E-state index contributed by atoms with van der Waals surface area (Å²) < 4.78 is 0. The number of carbonyl (C=O) groups is 2. The molecule has 0 spiro atoms. The minimum atomic E-state index is -0.197. The molecule has 1 rings (SSSR count). The second-order valence-corrected chi connectivity index (χ2v) is 5.09. The molecule has 112 valence electrons. The van der Waals surface area contributed by atoms with Gasteiger partial charge in [0.25, 0.3) is 0 Å². The number of nitrogens with one attached hydrogen (secondary N) is 2. The highest BCUT2D eigenvalue weighted by Crippen LogP contribution is 2.08. The quantitative estimate of drug-likeness (QED) is 0.736. The van der Waals surface area contributed by atoms with E-state index in [-0.39, 0.29) is 18.5 Å². The van der Waals surface area contributed by atoms with E-state index < -0.39 is 0 Å². The lowest BCUT2D eigenvalue weighted by molar-refractivity contribution is -0.139. The van der Waals surface area contributed by atoms with Crippen molar-refractivity contribution in [2.45, 2.75) is 58.5 Å². The van der Waals surface area contributed by atoms with Crippen LogP contribution >= 0.6 is 0 Å². The van der Waals surface area contributed by atoms with Crippen LogP contribution in [0.5, 0.6) is 0 Å². The molecule has 1 aliphatic heterocycles. The van der Waals surface area contributed by atoms with E-state index in [9.17, 15) is 9.59 Å². The molecule has 0 aromatic carbocycles. The number of carbonyl (C=O) groups excluding carboxylic acids is 2. The number of hydrogen-bond acceptors (Lipinski definition) is 4. The molecule has 2 N–H and O–H groups in total. The zero-order valence-electron chi connectivity index (χ0n) is 12.7. The molecule has 19 heavy (non-hydrogen) atoms. The van der Waals surface area contributed by atoms with Crippen LogP contribution in [-0.2, 0) is 9.59 Å². The lowest BCUT2D eigenvalue weighted by Gasteiger charge is -2.21. The molecule has 0 aromatic rings. The molecular formula is C14H29N3O2. The Hall–Kier alpha value is -0.940. The van der Waals surface area contributed by atoms with Gasteiger partial charge in [-0.25, -0.2) is 0 Å². The first-order valence-corrected chi connectivity index (χ1v) is 7.21. The first-order chi connectivity index (χ1) is 9.06. The molecule has 1 unspecified atom stereocenters. The Balaban J connectivity index is 0.000000356. The van der Waals surface area contributed by atoms with Crippen molar-refractivity contribution >= 4 is 12.3 Å². The van der Waals surface area contributed by atoms with Gasteiger partial charge in [-0.1, -0.05) is 13.3 Å². The van der Waals surface area contributed by atoms with E-state index in [4.69, 9.17) is 0 Å². The monoisotopic (exact) mass is 271 g/mol. The summed E-state index contributed by atoms with van der Waals surface area (Å²) in [6, 6.07) is 0.775. The molecule has 1 fully saturated rings. The van der Waals surface area contributed by atoms with Crippen molar-refractivity contribution in [3.05, 3.63) is 0 Å². The van der Waals surface area contributed by atoms with Gasteiger partial charge in [-0.3, -0.25) is 14.5 Å². The third-order valence-corrected chi connectivity index (χ3v) is 3.19. The summed E-state index contributed by atoms with van der Waals surface area (Å²) in [5, 5.41) is 6.16. The van der Waals surface area contributed by atoms with Crippen LogP contribution < -0.4 is 10.6 Å². The lowest BCUT2D eigenvalue weighted by atomic mass is 10.0. The van der Waals surface area contributed by atoms with Gasteiger partial charge < -0.3 is 10.6 Å². The highest BCUT2D eigenvalue weighted by atomic mass is 16.2. The molecule has 5 nitrogen and oxygen atoms in total. The van der Waals surface area contributed by atoms with Crippen molar-refractivity contribution in [3.63, 3.8) is 0 Å². The Kier molecular flexibility index (Phi) is 10.4. The van der Waals surface area contributed by atoms with Gasteiger partial charge in [-0.05, 0) is 46.7 Å². The van der Waals surface area contributed by atoms with Gasteiger partial charge >= 0.3 is 0 Å². The highest BCUT2D eigenvalue weighted by Gasteiger charge is 2.13. The molecule has 0 saturated carbocycles. The van der Waals surface area contributed by atoms with Crippen LogP contribution in [0.15, 0.2) is 0 Å². The van der Waals surface area contributed by atoms with Gasteiger partial charge in [0.1, 0.15) is 0 Å². The second kappa shape index (κ2) is 10.9. The molecule has 1 atom stereocenters. The van der Waals surface area contributed by atoms with E-state index >= 15 is 0 Å². The van der Waals surface area contributed by atoms with Gasteiger partial charge in [-0.15, -0.1) is 0 Å². The topological polar surface area (TPSA) is 61.4 Å². The van der Waals surface area contributed by atoms with E-state index in [0.717, 1.165) is 10.9 Å². The Bertz CT molecular complexity index is 251. The van der Waals surface area contributed by atoms with Gasteiger partial charge in [0.2, 0.25) is 12.3 Å². The number of amides is 2. The Morgan fingerprint density at radius 1 is 1.47 bits per heavy atom. The van der Waals surface area contributed by atoms with Crippen LogP contribution in [0.4, 0.5) is 0 Å². The van der Waals surface area contributed by atoms with Crippen molar-refractivity contribution in [3.8, 4) is 0 Å². The summed E-state index contributed by atoms with van der Waals surface area (Å²) in [6.07, 6.45) is 6.09. The van der Waals surface area contributed by atoms with Gasteiger partial charge in [0.05, 0.1) is 6.54 Å². The van der Waals surface area contributed by atoms with Crippen molar-refractivity contribution < 1.29 is 9.59 Å². The fourth-order valence-electron chi connectivity index (χ4n) is 1.98. The molecule has 0 radical (unpaired) electrons. The van der Waals surface area contributed by atoms with Crippen molar-refractivity contribution in [2.24, 2.45) is 0 Å². The van der Waals surface area contributed by atoms with E-state index in [1.54, 1.807) is 20.9 Å². The molecule has 0 aromatic heterocycles. The first kappa shape index (κ1) is 18.1. The summed E-state index contributed by atoms with van der Waals surface area (Å²) >= 11 is 0. The molecular weight excluding hydrogens is 242 g/mol. The summed E-state index contributed by atoms with van der Waals surface area (Å²) in [5.41, 5.74) is 0. The van der Waals surface area contributed by atoms with E-state index in [0.29, 0.717) is 6.41 Å². The predicted molar refractivity (Wildman–Crippen MR) is 77.9 cm³/mol. The Morgan fingerprint density at radius 3 is 2.47 bits per heavy atom. The number of likely N-dealkylation sites (N-methyl/N-ethyl adjacent to an activating group) is 1. The van der Waals surface area contributed by atoms with Crippen molar-refractivity contribution in [1.82, 2.24) is 15.5 Å². The normalized spacial score (nSPS) is 18.5. The molecule has 5 heteroatoms. The molecule has 1 aliphatic rings. The Morgan fingerprint density at radius 2 is 2.16 bits per heavy atom. The van der Waals surface area contributed by atoms with Crippen LogP contribution in [0.25, 0.3) is 0 Å². The molecule has 0 bridgehead atoms. The van der Waals surface area contributed by atoms with Gasteiger partial charge in [-0.2, -0.15) is 0 Å². The zero-order valence-corrected chi connectivity index (χ0v) is 12.7. The zero-order chi connectivity index (χ0) is 14.7. The SMILES string of the molecule is CCC1CCCCN1.CNCC(=O)N(C=O)C(C)C. The van der Waals surface area contributed by atoms with E-state index in [1.807, 2.05) is 0 Å². The minimum absolute atomic E-state index is 0.0617. The van der Waals surface area contributed by atoms with Crippen LogP contribution in [0.1, 0.15) is 46.5 Å². The number of piperidine rings is 1. The number of hydrogen-bond donors (Lipinski definition) is 2. The van der Waals surface area contributed by atoms with Crippen LogP contribution in [-0.4, -0.2) is 49.4 Å². The fourth-order valence-corrected chi connectivity index (χ4v) is 1.98. The minimum Gasteiger partial charge on any atom is -0.314 e. The van der Waals surface area contributed by atoms with Gasteiger partial charge in [0, 0.05) is 12.1 Å².